The Morgan fingerprint density at radius 3 is 2.58 bits per heavy atom. The van der Waals surface area contributed by atoms with Crippen molar-refractivity contribution in [1.82, 2.24) is 19.2 Å². The lowest BCUT2D eigenvalue weighted by Gasteiger charge is -2.42. The molecule has 2 atom stereocenters. The summed E-state index contributed by atoms with van der Waals surface area (Å²) in [6.45, 7) is 0. The van der Waals surface area contributed by atoms with Crippen LogP contribution in [0.5, 0.6) is 0 Å². The Hall–Kier alpha value is -3.44. The highest BCUT2D eigenvalue weighted by atomic mass is 16.5. The van der Waals surface area contributed by atoms with Gasteiger partial charge in [0.15, 0.2) is 11.5 Å². The molecule has 11 nitrogen and oxygen atoms in total. The summed E-state index contributed by atoms with van der Waals surface area (Å²) in [5.41, 5.74) is 7.32. The average Bonchev–Trinajstić information content (AvgIpc) is 3.29. The predicted octanol–water partition coefficient (Wildman–Crippen LogP) is 2.48. The van der Waals surface area contributed by atoms with Crippen LogP contribution in [0.4, 0.5) is 17.2 Å². The largest absolute Gasteiger partial charge is 0.381 e. The van der Waals surface area contributed by atoms with Gasteiger partial charge < -0.3 is 30.0 Å². The number of fused-ring (bicyclic) bond motifs is 1. The fraction of sp³-hybridized carbons (Fsp3) is 0.520. The standard InChI is InChI=1S/C25H33N7O4/c1-30(18-10-11-21(18)36-3)19-13-22(29-32-20(23(26)33)14-27-24(19)32)28-17-5-4-12-31(25(17)34)15-6-8-16(35-2)9-7-15/h4-5,12-16,18,21H,6-11H2,1-3H3,(H2,26,33)(H,28,29)/t15?,16?,18-,21-/m1/s1. The van der Waals surface area contributed by atoms with Crippen LogP contribution < -0.4 is 21.5 Å². The van der Waals surface area contributed by atoms with E-state index >= 15 is 0 Å². The number of nitrogens with one attached hydrogen (secondary N) is 1. The number of nitrogens with two attached hydrogens (primary N) is 1. The topological polar surface area (TPSA) is 129 Å². The lowest BCUT2D eigenvalue weighted by molar-refractivity contribution is 0.0196. The molecule has 0 bridgehead atoms. The van der Waals surface area contributed by atoms with E-state index in [1.54, 1.807) is 24.9 Å². The zero-order chi connectivity index (χ0) is 25.4. The molecule has 2 aliphatic rings. The van der Waals surface area contributed by atoms with Crippen molar-refractivity contribution in [3.63, 3.8) is 0 Å². The molecular weight excluding hydrogens is 462 g/mol. The highest BCUT2D eigenvalue weighted by molar-refractivity contribution is 5.92. The molecule has 0 unspecified atom stereocenters. The van der Waals surface area contributed by atoms with E-state index in [-0.39, 0.29) is 35.5 Å². The minimum atomic E-state index is -0.632. The summed E-state index contributed by atoms with van der Waals surface area (Å²) < 4.78 is 14.3. The van der Waals surface area contributed by atoms with Gasteiger partial charge in [0.1, 0.15) is 11.4 Å². The number of aromatic nitrogens is 4. The third-order valence-electron chi connectivity index (χ3n) is 7.66. The Morgan fingerprint density at radius 1 is 1.17 bits per heavy atom. The molecule has 1 amide bonds. The zero-order valence-corrected chi connectivity index (χ0v) is 20.9. The molecule has 192 valence electrons. The molecule has 5 rings (SSSR count). The van der Waals surface area contributed by atoms with E-state index in [4.69, 9.17) is 15.2 Å². The van der Waals surface area contributed by atoms with Crippen molar-refractivity contribution in [2.45, 2.75) is 62.8 Å². The third-order valence-corrected chi connectivity index (χ3v) is 7.66. The molecule has 36 heavy (non-hydrogen) atoms. The van der Waals surface area contributed by atoms with Crippen LogP contribution in [0.15, 0.2) is 35.4 Å². The Labute approximate surface area is 209 Å². The van der Waals surface area contributed by atoms with Gasteiger partial charge in [-0.1, -0.05) is 0 Å². The first-order valence-electron chi connectivity index (χ1n) is 12.4. The maximum atomic E-state index is 13.4. The van der Waals surface area contributed by atoms with Crippen LogP contribution in [0.3, 0.4) is 0 Å². The van der Waals surface area contributed by atoms with E-state index in [1.165, 1.54) is 10.7 Å². The number of likely N-dealkylation sites (N-methyl/N-ethyl adjacent to an activating group) is 1. The number of hydrogen-bond acceptors (Lipinski definition) is 8. The van der Waals surface area contributed by atoms with Crippen molar-refractivity contribution in [2.75, 3.05) is 31.5 Å². The number of carbonyl (C=O) groups excluding carboxylic acids is 1. The predicted molar refractivity (Wildman–Crippen MR) is 136 cm³/mol. The second-order valence-electron chi connectivity index (χ2n) is 9.61. The van der Waals surface area contributed by atoms with E-state index in [2.05, 4.69) is 20.3 Å². The normalized spacial score (nSPS) is 23.9. The fourth-order valence-corrected chi connectivity index (χ4v) is 5.38. The van der Waals surface area contributed by atoms with Crippen LogP contribution >= 0.6 is 0 Å². The molecule has 0 aliphatic heterocycles. The van der Waals surface area contributed by atoms with Crippen molar-refractivity contribution < 1.29 is 14.3 Å². The first-order valence-corrected chi connectivity index (χ1v) is 12.4. The minimum Gasteiger partial charge on any atom is -0.381 e. The van der Waals surface area contributed by atoms with Gasteiger partial charge in [-0.15, -0.1) is 5.10 Å². The second kappa shape index (κ2) is 9.90. The maximum Gasteiger partial charge on any atom is 0.274 e. The highest BCUT2D eigenvalue weighted by Crippen LogP contribution is 2.34. The molecule has 2 saturated carbocycles. The number of primary amides is 1. The van der Waals surface area contributed by atoms with Crippen LogP contribution in [0, 0.1) is 0 Å². The van der Waals surface area contributed by atoms with Gasteiger partial charge in [-0.2, -0.15) is 0 Å². The SMILES string of the molecule is COC1CCC(n2cccc(Nc3cc(N(C)[C@@H]4CC[C@H]4OC)c4ncc(C(N)=O)n4n3)c2=O)CC1. The van der Waals surface area contributed by atoms with Crippen molar-refractivity contribution in [2.24, 2.45) is 5.73 Å². The molecule has 0 radical (unpaired) electrons. The van der Waals surface area contributed by atoms with Crippen molar-refractivity contribution in [1.29, 1.82) is 0 Å². The molecule has 2 aliphatic carbocycles. The van der Waals surface area contributed by atoms with Crippen LogP contribution in [0.2, 0.25) is 0 Å². The maximum absolute atomic E-state index is 13.4. The Kier molecular flexibility index (Phi) is 6.67. The first kappa shape index (κ1) is 24.3. The van der Waals surface area contributed by atoms with Gasteiger partial charge in [0.25, 0.3) is 11.5 Å². The number of imidazole rings is 1. The number of amides is 1. The van der Waals surface area contributed by atoms with Crippen LogP contribution in [0.25, 0.3) is 5.65 Å². The molecule has 11 heteroatoms. The zero-order valence-electron chi connectivity index (χ0n) is 20.9. The summed E-state index contributed by atoms with van der Waals surface area (Å²) >= 11 is 0. The summed E-state index contributed by atoms with van der Waals surface area (Å²) in [5, 5.41) is 7.75. The van der Waals surface area contributed by atoms with Gasteiger partial charge in [-0.05, 0) is 50.7 Å². The number of pyridine rings is 1. The van der Waals surface area contributed by atoms with Gasteiger partial charge in [0.2, 0.25) is 0 Å². The quantitative estimate of drug-likeness (QED) is 0.488. The minimum absolute atomic E-state index is 0.111. The molecule has 3 N–H and O–H groups in total. The van der Waals surface area contributed by atoms with Gasteiger partial charge in [-0.3, -0.25) is 9.59 Å². The van der Waals surface area contributed by atoms with E-state index in [9.17, 15) is 9.59 Å². The number of ether oxygens (including phenoxy) is 2. The summed E-state index contributed by atoms with van der Waals surface area (Å²) in [5.74, 6) is -0.219. The number of rotatable bonds is 8. The Bertz CT molecular complexity index is 1310. The van der Waals surface area contributed by atoms with Crippen LogP contribution in [-0.4, -0.2) is 64.6 Å². The van der Waals surface area contributed by atoms with Crippen molar-refractivity contribution in [3.05, 3.63) is 46.6 Å². The number of carbonyl (C=O) groups is 1. The molecule has 0 spiro atoms. The van der Waals surface area contributed by atoms with Gasteiger partial charge >= 0.3 is 0 Å². The van der Waals surface area contributed by atoms with Gasteiger partial charge in [0.05, 0.1) is 30.1 Å². The molecule has 0 aromatic carbocycles. The number of nitrogens with zero attached hydrogens (tertiary/aromatic N) is 5. The van der Waals surface area contributed by atoms with Crippen molar-refractivity contribution in [3.8, 4) is 0 Å². The monoisotopic (exact) mass is 495 g/mol. The smallest absolute Gasteiger partial charge is 0.274 e. The molecule has 2 fully saturated rings. The van der Waals surface area contributed by atoms with Crippen LogP contribution in [0.1, 0.15) is 55.1 Å². The van der Waals surface area contributed by atoms with E-state index in [0.29, 0.717) is 17.2 Å². The Morgan fingerprint density at radius 2 is 1.94 bits per heavy atom. The first-order chi connectivity index (χ1) is 17.4. The van der Waals surface area contributed by atoms with E-state index < -0.39 is 5.91 Å². The average molecular weight is 496 g/mol. The second-order valence-corrected chi connectivity index (χ2v) is 9.61. The van der Waals surface area contributed by atoms with Gasteiger partial charge in [-0.25, -0.2) is 9.50 Å². The number of hydrogen-bond donors (Lipinski definition) is 2. The van der Waals surface area contributed by atoms with E-state index in [0.717, 1.165) is 44.2 Å². The van der Waals surface area contributed by atoms with Crippen molar-refractivity contribution >= 4 is 28.7 Å². The highest BCUT2D eigenvalue weighted by Gasteiger charge is 2.35. The molecule has 3 heterocycles. The molecule has 0 saturated heterocycles. The number of anilines is 3. The number of methoxy groups -OCH3 is 2. The van der Waals surface area contributed by atoms with Gasteiger partial charge in [0, 0.05) is 39.6 Å². The summed E-state index contributed by atoms with van der Waals surface area (Å²) in [6, 6.07) is 5.74. The Balaban J connectivity index is 1.50. The van der Waals surface area contributed by atoms with E-state index in [1.807, 2.05) is 25.4 Å². The fourth-order valence-electron chi connectivity index (χ4n) is 5.38. The lowest BCUT2D eigenvalue weighted by Crippen LogP contribution is -2.50. The third kappa shape index (κ3) is 4.33. The van der Waals surface area contributed by atoms with Crippen LogP contribution in [-0.2, 0) is 9.47 Å². The molecule has 3 aromatic heterocycles. The molecular formula is C25H33N7O4. The summed E-state index contributed by atoms with van der Waals surface area (Å²) in [4.78, 5) is 32.0. The molecule has 3 aromatic rings. The summed E-state index contributed by atoms with van der Waals surface area (Å²) in [7, 11) is 5.42. The summed E-state index contributed by atoms with van der Waals surface area (Å²) in [6.07, 6.45) is 9.22. The lowest BCUT2D eigenvalue weighted by atomic mass is 9.87.